The van der Waals surface area contributed by atoms with Crippen molar-refractivity contribution in [2.75, 3.05) is 13.7 Å². The number of rotatable bonds is 4. The first-order valence-electron chi connectivity index (χ1n) is 3.95. The van der Waals surface area contributed by atoms with Gasteiger partial charge in [-0.25, -0.2) is 0 Å². The molecular formula is C9H13NO2. The quantitative estimate of drug-likeness (QED) is 0.727. The molecule has 0 aromatic carbocycles. The summed E-state index contributed by atoms with van der Waals surface area (Å²) in [7, 11) is 1.62. The minimum atomic E-state index is 0.219. The third-order valence-electron chi connectivity index (χ3n) is 1.63. The lowest BCUT2D eigenvalue weighted by Crippen LogP contribution is -1.92. The molecule has 0 unspecified atom stereocenters. The molecule has 0 fully saturated rings. The van der Waals surface area contributed by atoms with Crippen molar-refractivity contribution in [3.8, 4) is 5.75 Å². The van der Waals surface area contributed by atoms with E-state index in [1.54, 1.807) is 19.5 Å². The van der Waals surface area contributed by atoms with Gasteiger partial charge in [0.2, 0.25) is 0 Å². The van der Waals surface area contributed by atoms with E-state index in [-0.39, 0.29) is 6.61 Å². The summed E-state index contributed by atoms with van der Waals surface area (Å²) in [6.07, 6.45) is 5.08. The highest BCUT2D eigenvalue weighted by molar-refractivity contribution is 5.23. The van der Waals surface area contributed by atoms with E-state index >= 15 is 0 Å². The number of nitrogens with zero attached hydrogens (tertiary/aromatic N) is 1. The molecule has 1 rings (SSSR count). The third-order valence-corrected chi connectivity index (χ3v) is 1.63. The Hall–Kier alpha value is -1.09. The Kier molecular flexibility index (Phi) is 3.54. The molecule has 0 amide bonds. The van der Waals surface area contributed by atoms with Gasteiger partial charge in [0, 0.05) is 12.8 Å². The average Bonchev–Trinajstić information content (AvgIpc) is 2.15. The first-order chi connectivity index (χ1) is 5.86. The van der Waals surface area contributed by atoms with Crippen LogP contribution in [0.2, 0.25) is 0 Å². The van der Waals surface area contributed by atoms with Crippen LogP contribution in [-0.4, -0.2) is 23.8 Å². The number of hydrogen-bond acceptors (Lipinski definition) is 3. The third kappa shape index (κ3) is 2.51. The highest BCUT2D eigenvalue weighted by atomic mass is 16.5. The zero-order valence-electron chi connectivity index (χ0n) is 7.16. The number of aromatic nitrogens is 1. The molecule has 0 aliphatic rings. The highest BCUT2D eigenvalue weighted by Crippen LogP contribution is 2.11. The molecule has 0 aliphatic heterocycles. The molecule has 1 aromatic heterocycles. The van der Waals surface area contributed by atoms with Crippen LogP contribution in [0.4, 0.5) is 0 Å². The number of aryl methyl sites for hydroxylation is 1. The SMILES string of the molecule is COc1cncc(CCCO)c1. The number of aliphatic hydroxyl groups is 1. The maximum absolute atomic E-state index is 8.60. The van der Waals surface area contributed by atoms with Gasteiger partial charge in [-0.15, -0.1) is 0 Å². The van der Waals surface area contributed by atoms with Crippen molar-refractivity contribution >= 4 is 0 Å². The van der Waals surface area contributed by atoms with Gasteiger partial charge in [0.1, 0.15) is 5.75 Å². The normalized spacial score (nSPS) is 9.83. The molecule has 66 valence electrons. The van der Waals surface area contributed by atoms with Gasteiger partial charge in [0.15, 0.2) is 0 Å². The van der Waals surface area contributed by atoms with E-state index in [1.807, 2.05) is 6.07 Å². The van der Waals surface area contributed by atoms with Gasteiger partial charge in [-0.2, -0.15) is 0 Å². The van der Waals surface area contributed by atoms with Crippen LogP contribution in [0.25, 0.3) is 0 Å². The molecule has 3 nitrogen and oxygen atoms in total. The van der Waals surface area contributed by atoms with Gasteiger partial charge in [0.05, 0.1) is 13.3 Å². The summed E-state index contributed by atoms with van der Waals surface area (Å²) in [5, 5.41) is 8.60. The molecule has 1 aromatic rings. The van der Waals surface area contributed by atoms with Gasteiger partial charge in [-0.1, -0.05) is 0 Å². The monoisotopic (exact) mass is 167 g/mol. The van der Waals surface area contributed by atoms with E-state index in [2.05, 4.69) is 4.98 Å². The molecule has 0 atom stereocenters. The van der Waals surface area contributed by atoms with Crippen LogP contribution >= 0.6 is 0 Å². The fourth-order valence-corrected chi connectivity index (χ4v) is 0.995. The van der Waals surface area contributed by atoms with Gasteiger partial charge < -0.3 is 9.84 Å². The molecule has 0 saturated heterocycles. The fraction of sp³-hybridized carbons (Fsp3) is 0.444. The second-order valence-electron chi connectivity index (χ2n) is 2.56. The van der Waals surface area contributed by atoms with Crippen molar-refractivity contribution in [3.63, 3.8) is 0 Å². The Morgan fingerprint density at radius 1 is 1.50 bits per heavy atom. The maximum Gasteiger partial charge on any atom is 0.137 e. The molecule has 12 heavy (non-hydrogen) atoms. The van der Waals surface area contributed by atoms with Crippen molar-refractivity contribution in [1.29, 1.82) is 0 Å². The van der Waals surface area contributed by atoms with Crippen LogP contribution in [0.3, 0.4) is 0 Å². The van der Waals surface area contributed by atoms with Gasteiger partial charge >= 0.3 is 0 Å². The number of pyridine rings is 1. The molecule has 3 heteroatoms. The zero-order valence-corrected chi connectivity index (χ0v) is 7.16. The highest BCUT2D eigenvalue weighted by Gasteiger charge is 1.95. The van der Waals surface area contributed by atoms with Crippen LogP contribution < -0.4 is 4.74 Å². The summed E-state index contributed by atoms with van der Waals surface area (Å²) in [4.78, 5) is 4.00. The van der Waals surface area contributed by atoms with Crippen molar-refractivity contribution in [2.24, 2.45) is 0 Å². The number of methoxy groups -OCH3 is 1. The molecule has 1 N–H and O–H groups in total. The molecule has 1 heterocycles. The lowest BCUT2D eigenvalue weighted by atomic mass is 10.2. The van der Waals surface area contributed by atoms with Crippen molar-refractivity contribution in [2.45, 2.75) is 12.8 Å². The Labute approximate surface area is 72.0 Å². The van der Waals surface area contributed by atoms with E-state index in [0.717, 1.165) is 24.2 Å². The van der Waals surface area contributed by atoms with E-state index < -0.39 is 0 Å². The summed E-state index contributed by atoms with van der Waals surface area (Å²) in [6.45, 7) is 0.219. The summed E-state index contributed by atoms with van der Waals surface area (Å²) in [5.74, 6) is 0.769. The number of hydrogen-bond donors (Lipinski definition) is 1. The lowest BCUT2D eigenvalue weighted by molar-refractivity contribution is 0.288. The molecule has 0 spiro atoms. The fourth-order valence-electron chi connectivity index (χ4n) is 0.995. The zero-order chi connectivity index (χ0) is 8.81. The van der Waals surface area contributed by atoms with Crippen LogP contribution in [-0.2, 0) is 6.42 Å². The Balaban J connectivity index is 2.60. The first-order valence-corrected chi connectivity index (χ1v) is 3.95. The number of aliphatic hydroxyl groups excluding tert-OH is 1. The molecular weight excluding hydrogens is 154 g/mol. The summed E-state index contributed by atoms with van der Waals surface area (Å²) >= 11 is 0. The van der Waals surface area contributed by atoms with Gasteiger partial charge in [0.25, 0.3) is 0 Å². The van der Waals surface area contributed by atoms with Crippen LogP contribution in [0.5, 0.6) is 5.75 Å². The molecule has 0 bridgehead atoms. The topological polar surface area (TPSA) is 42.4 Å². The molecule has 0 radical (unpaired) electrons. The Bertz CT molecular complexity index is 238. The second kappa shape index (κ2) is 4.72. The number of ether oxygens (including phenoxy) is 1. The van der Waals surface area contributed by atoms with Crippen molar-refractivity contribution in [1.82, 2.24) is 4.98 Å². The van der Waals surface area contributed by atoms with E-state index in [1.165, 1.54) is 0 Å². The van der Waals surface area contributed by atoms with E-state index in [0.29, 0.717) is 0 Å². The van der Waals surface area contributed by atoms with Crippen LogP contribution in [0.15, 0.2) is 18.5 Å². The first kappa shape index (κ1) is 9.00. The van der Waals surface area contributed by atoms with Crippen LogP contribution in [0, 0.1) is 0 Å². The summed E-state index contributed by atoms with van der Waals surface area (Å²) in [6, 6.07) is 1.93. The van der Waals surface area contributed by atoms with Gasteiger partial charge in [-0.3, -0.25) is 4.98 Å². The Morgan fingerprint density at radius 3 is 3.00 bits per heavy atom. The van der Waals surface area contributed by atoms with Crippen LogP contribution in [0.1, 0.15) is 12.0 Å². The van der Waals surface area contributed by atoms with E-state index in [4.69, 9.17) is 9.84 Å². The maximum atomic E-state index is 8.60. The summed E-state index contributed by atoms with van der Waals surface area (Å²) in [5.41, 5.74) is 1.10. The lowest BCUT2D eigenvalue weighted by Gasteiger charge is -2.01. The summed E-state index contributed by atoms with van der Waals surface area (Å²) < 4.78 is 5.01. The largest absolute Gasteiger partial charge is 0.495 e. The standard InChI is InChI=1S/C9H13NO2/c1-12-9-5-8(3-2-4-11)6-10-7-9/h5-7,11H,2-4H2,1H3. The van der Waals surface area contributed by atoms with Crippen molar-refractivity contribution < 1.29 is 9.84 Å². The van der Waals surface area contributed by atoms with Crippen molar-refractivity contribution in [3.05, 3.63) is 24.0 Å². The minimum Gasteiger partial charge on any atom is -0.495 e. The van der Waals surface area contributed by atoms with Gasteiger partial charge in [-0.05, 0) is 24.5 Å². The minimum absolute atomic E-state index is 0.219. The molecule has 0 aliphatic carbocycles. The Morgan fingerprint density at radius 2 is 2.33 bits per heavy atom. The average molecular weight is 167 g/mol. The van der Waals surface area contributed by atoms with E-state index in [9.17, 15) is 0 Å². The smallest absolute Gasteiger partial charge is 0.137 e. The second-order valence-corrected chi connectivity index (χ2v) is 2.56. The predicted octanol–water partition coefficient (Wildman–Crippen LogP) is 1.02. The predicted molar refractivity (Wildman–Crippen MR) is 46.2 cm³/mol. The molecule has 0 saturated carbocycles.